The summed E-state index contributed by atoms with van der Waals surface area (Å²) in [7, 11) is 0. The molecule has 3 N–H and O–H groups in total. The molecule has 0 aliphatic rings. The largest absolute Gasteiger partial charge is 0.494 e. The van der Waals surface area contributed by atoms with Gasteiger partial charge in [0.05, 0.1) is 12.6 Å². The average Bonchev–Trinajstić information content (AvgIpc) is 2.46. The molecule has 1 atom stereocenters. The van der Waals surface area contributed by atoms with Crippen molar-refractivity contribution in [3.05, 3.63) is 65.2 Å². The number of nitrogens with two attached hydrogens (primary N) is 1. The molecule has 1 unspecified atom stereocenters. The van der Waals surface area contributed by atoms with Gasteiger partial charge in [0, 0.05) is 11.1 Å². The van der Waals surface area contributed by atoms with Crippen molar-refractivity contribution in [2.24, 2.45) is 5.84 Å². The summed E-state index contributed by atoms with van der Waals surface area (Å²) in [5.41, 5.74) is 3.31. The third-order valence-corrected chi connectivity index (χ3v) is 2.99. The number of hydrogen-bond acceptors (Lipinski definition) is 3. The van der Waals surface area contributed by atoms with Crippen LogP contribution in [0.2, 0.25) is 0 Å². The summed E-state index contributed by atoms with van der Waals surface area (Å²) in [5, 5.41) is 0. The first-order valence-corrected chi connectivity index (χ1v) is 6.30. The van der Waals surface area contributed by atoms with Crippen LogP contribution >= 0.6 is 0 Å². The maximum Gasteiger partial charge on any atom is 0.163 e. The predicted octanol–water partition coefficient (Wildman–Crippen LogP) is 2.92. The second-order valence-corrected chi connectivity index (χ2v) is 4.21. The van der Waals surface area contributed by atoms with Gasteiger partial charge in [-0.1, -0.05) is 30.3 Å². The van der Waals surface area contributed by atoms with Crippen molar-refractivity contribution < 1.29 is 13.5 Å². The lowest BCUT2D eigenvalue weighted by molar-refractivity contribution is 0.333. The van der Waals surface area contributed by atoms with Crippen LogP contribution in [-0.2, 0) is 0 Å². The van der Waals surface area contributed by atoms with Crippen molar-refractivity contribution in [3.8, 4) is 5.75 Å². The Morgan fingerprint density at radius 2 is 1.80 bits per heavy atom. The van der Waals surface area contributed by atoms with Crippen molar-refractivity contribution >= 4 is 0 Å². The zero-order valence-electron chi connectivity index (χ0n) is 11.1. The molecule has 0 radical (unpaired) electrons. The summed E-state index contributed by atoms with van der Waals surface area (Å²) in [6.07, 6.45) is 0. The minimum atomic E-state index is -0.915. The Bertz CT molecular complexity index is 590. The molecule has 2 aromatic carbocycles. The monoisotopic (exact) mass is 278 g/mol. The second-order valence-electron chi connectivity index (χ2n) is 4.21. The molecule has 0 amide bonds. The number of ether oxygens (including phenoxy) is 1. The van der Waals surface area contributed by atoms with Gasteiger partial charge in [0.25, 0.3) is 0 Å². The first kappa shape index (κ1) is 14.4. The molecule has 0 spiro atoms. The average molecular weight is 278 g/mol. The molecule has 0 saturated heterocycles. The molecule has 106 valence electrons. The number of para-hydroxylation sites is 1. The van der Waals surface area contributed by atoms with Gasteiger partial charge in [-0.25, -0.2) is 14.2 Å². The van der Waals surface area contributed by atoms with Crippen LogP contribution in [0, 0.1) is 11.6 Å². The molecule has 2 rings (SSSR count). The SMILES string of the molecule is CCOc1ccccc1C(NN)c1cccc(F)c1F. The number of halogens is 2. The minimum Gasteiger partial charge on any atom is -0.494 e. The van der Waals surface area contributed by atoms with Gasteiger partial charge in [0.1, 0.15) is 5.75 Å². The summed E-state index contributed by atoms with van der Waals surface area (Å²) in [6, 6.07) is 10.4. The number of benzene rings is 2. The summed E-state index contributed by atoms with van der Waals surface area (Å²) < 4.78 is 32.8. The van der Waals surface area contributed by atoms with Gasteiger partial charge in [-0.3, -0.25) is 5.84 Å². The quantitative estimate of drug-likeness (QED) is 0.653. The Kier molecular flexibility index (Phi) is 4.65. The van der Waals surface area contributed by atoms with E-state index in [-0.39, 0.29) is 5.56 Å². The fraction of sp³-hybridized carbons (Fsp3) is 0.200. The molecule has 0 heterocycles. The Morgan fingerprint density at radius 3 is 2.50 bits per heavy atom. The highest BCUT2D eigenvalue weighted by Gasteiger charge is 2.21. The topological polar surface area (TPSA) is 47.3 Å². The molecule has 0 aliphatic carbocycles. The van der Waals surface area contributed by atoms with Crippen LogP contribution < -0.4 is 16.0 Å². The smallest absolute Gasteiger partial charge is 0.163 e. The third kappa shape index (κ3) is 2.79. The zero-order chi connectivity index (χ0) is 14.5. The van der Waals surface area contributed by atoms with E-state index < -0.39 is 17.7 Å². The van der Waals surface area contributed by atoms with Gasteiger partial charge in [-0.05, 0) is 19.1 Å². The molecule has 20 heavy (non-hydrogen) atoms. The van der Waals surface area contributed by atoms with Crippen molar-refractivity contribution in [1.82, 2.24) is 5.43 Å². The standard InChI is InChI=1S/C15H16F2N2O/c1-2-20-13-9-4-3-6-10(13)15(19-18)11-7-5-8-12(16)14(11)17/h3-9,15,19H,2,18H2,1H3. The number of hydrazine groups is 1. The summed E-state index contributed by atoms with van der Waals surface area (Å²) in [4.78, 5) is 0. The lowest BCUT2D eigenvalue weighted by Gasteiger charge is -2.20. The van der Waals surface area contributed by atoms with Crippen molar-refractivity contribution in [1.29, 1.82) is 0 Å². The van der Waals surface area contributed by atoms with Crippen molar-refractivity contribution in [2.75, 3.05) is 6.61 Å². The molecule has 0 aliphatic heterocycles. The first-order chi connectivity index (χ1) is 9.69. The molecule has 0 aromatic heterocycles. The van der Waals surface area contributed by atoms with Crippen molar-refractivity contribution in [3.63, 3.8) is 0 Å². The van der Waals surface area contributed by atoms with Crippen molar-refractivity contribution in [2.45, 2.75) is 13.0 Å². The Balaban J connectivity index is 2.50. The maximum absolute atomic E-state index is 13.9. The fourth-order valence-electron chi connectivity index (χ4n) is 2.10. The van der Waals surface area contributed by atoms with E-state index in [1.165, 1.54) is 12.1 Å². The van der Waals surface area contributed by atoms with E-state index in [0.29, 0.717) is 17.9 Å². The molecule has 3 nitrogen and oxygen atoms in total. The van der Waals surface area contributed by atoms with Gasteiger partial charge >= 0.3 is 0 Å². The van der Waals surface area contributed by atoms with Gasteiger partial charge in [0.15, 0.2) is 11.6 Å². The predicted molar refractivity (Wildman–Crippen MR) is 73.1 cm³/mol. The van der Waals surface area contributed by atoms with E-state index in [1.807, 2.05) is 13.0 Å². The van der Waals surface area contributed by atoms with Crippen LogP contribution in [0.1, 0.15) is 24.1 Å². The normalized spacial score (nSPS) is 12.2. The molecule has 0 saturated carbocycles. The number of rotatable bonds is 5. The Morgan fingerprint density at radius 1 is 1.10 bits per heavy atom. The summed E-state index contributed by atoms with van der Waals surface area (Å²) in [5.74, 6) is 4.29. The minimum absolute atomic E-state index is 0.139. The molecule has 2 aromatic rings. The second kappa shape index (κ2) is 6.45. The van der Waals surface area contributed by atoms with Gasteiger partial charge in [-0.15, -0.1) is 0 Å². The Labute approximate surface area is 116 Å². The van der Waals surface area contributed by atoms with E-state index in [1.54, 1.807) is 18.2 Å². The maximum atomic E-state index is 13.9. The van der Waals surface area contributed by atoms with E-state index in [4.69, 9.17) is 10.6 Å². The molecular formula is C15H16F2N2O. The number of nitrogens with one attached hydrogen (secondary N) is 1. The highest BCUT2D eigenvalue weighted by Crippen LogP contribution is 2.31. The van der Waals surface area contributed by atoms with E-state index >= 15 is 0 Å². The molecule has 0 fully saturated rings. The zero-order valence-corrected chi connectivity index (χ0v) is 11.1. The lowest BCUT2D eigenvalue weighted by Crippen LogP contribution is -2.30. The molecule has 5 heteroatoms. The lowest BCUT2D eigenvalue weighted by atomic mass is 9.98. The third-order valence-electron chi connectivity index (χ3n) is 2.99. The summed E-state index contributed by atoms with van der Waals surface area (Å²) in [6.45, 7) is 2.32. The van der Waals surface area contributed by atoms with Crippen LogP contribution in [0.25, 0.3) is 0 Å². The van der Waals surface area contributed by atoms with Crippen LogP contribution in [0.3, 0.4) is 0 Å². The van der Waals surface area contributed by atoms with E-state index in [9.17, 15) is 8.78 Å². The van der Waals surface area contributed by atoms with E-state index in [0.717, 1.165) is 6.07 Å². The van der Waals surface area contributed by atoms with Gasteiger partial charge in [-0.2, -0.15) is 0 Å². The van der Waals surface area contributed by atoms with Crippen LogP contribution in [0.4, 0.5) is 8.78 Å². The summed E-state index contributed by atoms with van der Waals surface area (Å²) >= 11 is 0. The van der Waals surface area contributed by atoms with Crippen LogP contribution in [0.5, 0.6) is 5.75 Å². The first-order valence-electron chi connectivity index (χ1n) is 6.30. The van der Waals surface area contributed by atoms with Gasteiger partial charge < -0.3 is 4.74 Å². The number of hydrogen-bond donors (Lipinski definition) is 2. The highest BCUT2D eigenvalue weighted by atomic mass is 19.2. The molecule has 0 bridgehead atoms. The molecular weight excluding hydrogens is 262 g/mol. The van der Waals surface area contributed by atoms with Gasteiger partial charge in [0.2, 0.25) is 0 Å². The fourth-order valence-corrected chi connectivity index (χ4v) is 2.10. The van der Waals surface area contributed by atoms with Crippen LogP contribution in [0.15, 0.2) is 42.5 Å². The van der Waals surface area contributed by atoms with Crippen LogP contribution in [-0.4, -0.2) is 6.61 Å². The highest BCUT2D eigenvalue weighted by molar-refractivity contribution is 5.42. The van der Waals surface area contributed by atoms with E-state index in [2.05, 4.69) is 5.43 Å². The Hall–Kier alpha value is -1.98.